The summed E-state index contributed by atoms with van der Waals surface area (Å²) in [6, 6.07) is 12.1. The van der Waals surface area contributed by atoms with E-state index in [1.165, 1.54) is 16.2 Å². The van der Waals surface area contributed by atoms with Gasteiger partial charge in [-0.05, 0) is 36.2 Å². The topological polar surface area (TPSA) is 53.1 Å². The third-order valence-electron chi connectivity index (χ3n) is 6.22. The Kier molecular flexibility index (Phi) is 6.70. The summed E-state index contributed by atoms with van der Waals surface area (Å²) in [4.78, 5) is 34.2. The summed E-state index contributed by atoms with van der Waals surface area (Å²) in [6.07, 6.45) is -0.161. The fraction of sp³-hybridized carbons (Fsp3) is 0.520. The van der Waals surface area contributed by atoms with Crippen molar-refractivity contribution in [3.05, 3.63) is 51.7 Å². The number of hydrogen-bond acceptors (Lipinski definition) is 6. The summed E-state index contributed by atoms with van der Waals surface area (Å²) in [5, 5.41) is 0. The number of para-hydroxylation sites is 1. The lowest BCUT2D eigenvalue weighted by molar-refractivity contribution is -0.148. The van der Waals surface area contributed by atoms with Crippen LogP contribution in [-0.4, -0.2) is 74.1 Å². The molecule has 2 aliphatic heterocycles. The molecule has 0 saturated carbocycles. The Labute approximate surface area is 194 Å². The highest BCUT2D eigenvalue weighted by Gasteiger charge is 2.35. The van der Waals surface area contributed by atoms with Gasteiger partial charge in [-0.3, -0.25) is 14.5 Å². The second-order valence-electron chi connectivity index (χ2n) is 9.69. The first-order valence-electron chi connectivity index (χ1n) is 11.3. The molecule has 0 radical (unpaired) electrons. The van der Waals surface area contributed by atoms with Crippen molar-refractivity contribution in [2.24, 2.45) is 0 Å². The lowest BCUT2D eigenvalue weighted by Crippen LogP contribution is -2.51. The second-order valence-corrected chi connectivity index (χ2v) is 10.8. The van der Waals surface area contributed by atoms with Crippen molar-refractivity contribution >= 4 is 28.8 Å². The molecular weight excluding hydrogens is 422 g/mol. The summed E-state index contributed by atoms with van der Waals surface area (Å²) < 4.78 is 5.86. The van der Waals surface area contributed by atoms with E-state index in [0.29, 0.717) is 24.4 Å². The molecular formula is C25H33N3O3S. The molecule has 1 atom stereocenters. The Morgan fingerprint density at radius 3 is 2.47 bits per heavy atom. The van der Waals surface area contributed by atoms with E-state index in [1.54, 1.807) is 0 Å². The SMILES string of the molecule is CN1CCN(c2ccccc2CC2OCCN(C(=O)c3ccc(C(C)(C)C)s3)C2=O)CC1. The molecule has 0 aliphatic carbocycles. The molecule has 1 aromatic heterocycles. The number of imide groups is 1. The van der Waals surface area contributed by atoms with E-state index in [4.69, 9.17) is 4.74 Å². The molecule has 0 N–H and O–H groups in total. The number of rotatable bonds is 4. The largest absolute Gasteiger partial charge is 0.369 e. The first-order valence-corrected chi connectivity index (χ1v) is 12.1. The van der Waals surface area contributed by atoms with Crippen LogP contribution in [0.4, 0.5) is 5.69 Å². The van der Waals surface area contributed by atoms with Crippen LogP contribution in [0, 0.1) is 0 Å². The molecule has 2 fully saturated rings. The van der Waals surface area contributed by atoms with Crippen LogP contribution in [0.3, 0.4) is 0 Å². The van der Waals surface area contributed by atoms with Gasteiger partial charge in [-0.2, -0.15) is 0 Å². The van der Waals surface area contributed by atoms with Gasteiger partial charge in [-0.15, -0.1) is 11.3 Å². The number of carbonyl (C=O) groups excluding carboxylic acids is 2. The predicted octanol–water partition coefficient (Wildman–Crippen LogP) is 3.41. The van der Waals surface area contributed by atoms with Crippen molar-refractivity contribution in [3.63, 3.8) is 0 Å². The zero-order valence-electron chi connectivity index (χ0n) is 19.5. The molecule has 172 valence electrons. The van der Waals surface area contributed by atoms with Crippen molar-refractivity contribution in [2.45, 2.75) is 38.7 Å². The van der Waals surface area contributed by atoms with Gasteiger partial charge < -0.3 is 14.5 Å². The van der Waals surface area contributed by atoms with Gasteiger partial charge in [0.1, 0.15) is 6.10 Å². The van der Waals surface area contributed by atoms with Crippen molar-refractivity contribution in [2.75, 3.05) is 51.3 Å². The van der Waals surface area contributed by atoms with E-state index in [2.05, 4.69) is 49.8 Å². The van der Waals surface area contributed by atoms with Gasteiger partial charge in [0, 0.05) is 43.2 Å². The van der Waals surface area contributed by atoms with Crippen molar-refractivity contribution in [1.82, 2.24) is 9.80 Å². The van der Waals surface area contributed by atoms with Gasteiger partial charge in [0.15, 0.2) is 0 Å². The molecule has 32 heavy (non-hydrogen) atoms. The number of thiophene rings is 1. The quantitative estimate of drug-likeness (QED) is 0.662. The number of hydrogen-bond donors (Lipinski definition) is 0. The van der Waals surface area contributed by atoms with Gasteiger partial charge in [0.2, 0.25) is 0 Å². The Bertz CT molecular complexity index is 973. The Morgan fingerprint density at radius 2 is 1.78 bits per heavy atom. The number of carbonyl (C=O) groups is 2. The van der Waals surface area contributed by atoms with Gasteiger partial charge in [0.05, 0.1) is 18.0 Å². The maximum atomic E-state index is 13.2. The number of piperazine rings is 1. The molecule has 2 aliphatic rings. The first kappa shape index (κ1) is 23.0. The zero-order chi connectivity index (χ0) is 22.9. The lowest BCUT2D eigenvalue weighted by atomic mass is 9.95. The molecule has 1 aromatic carbocycles. The fourth-order valence-electron chi connectivity index (χ4n) is 4.22. The summed E-state index contributed by atoms with van der Waals surface area (Å²) in [6.45, 7) is 11.0. The van der Waals surface area contributed by atoms with Crippen LogP contribution in [0.5, 0.6) is 0 Å². The van der Waals surface area contributed by atoms with Gasteiger partial charge >= 0.3 is 0 Å². The molecule has 2 saturated heterocycles. The first-order chi connectivity index (χ1) is 15.2. The normalized spacial score (nSPS) is 20.6. The van der Waals surface area contributed by atoms with Gasteiger partial charge in [-0.1, -0.05) is 39.0 Å². The van der Waals surface area contributed by atoms with Crippen LogP contribution in [0.25, 0.3) is 0 Å². The molecule has 2 amide bonds. The number of amides is 2. The van der Waals surface area contributed by atoms with E-state index < -0.39 is 6.10 Å². The molecule has 6 nitrogen and oxygen atoms in total. The fourth-order valence-corrected chi connectivity index (χ4v) is 5.23. The highest BCUT2D eigenvalue weighted by atomic mass is 32.1. The minimum Gasteiger partial charge on any atom is -0.369 e. The highest BCUT2D eigenvalue weighted by Crippen LogP contribution is 2.31. The van der Waals surface area contributed by atoms with Crippen LogP contribution in [0.2, 0.25) is 0 Å². The highest BCUT2D eigenvalue weighted by molar-refractivity contribution is 7.14. The second kappa shape index (κ2) is 9.33. The molecule has 0 bridgehead atoms. The predicted molar refractivity (Wildman–Crippen MR) is 129 cm³/mol. The number of likely N-dealkylation sites (N-methyl/N-ethyl adjacent to an activating group) is 1. The van der Waals surface area contributed by atoms with Crippen molar-refractivity contribution in [3.8, 4) is 0 Å². The van der Waals surface area contributed by atoms with Gasteiger partial charge in [-0.25, -0.2) is 0 Å². The average Bonchev–Trinajstić information content (AvgIpc) is 3.27. The maximum absolute atomic E-state index is 13.2. The lowest BCUT2D eigenvalue weighted by Gasteiger charge is -2.36. The summed E-state index contributed by atoms with van der Waals surface area (Å²) in [5.41, 5.74) is 2.23. The summed E-state index contributed by atoms with van der Waals surface area (Å²) >= 11 is 1.48. The molecule has 4 rings (SSSR count). The summed E-state index contributed by atoms with van der Waals surface area (Å²) in [5.74, 6) is -0.448. The van der Waals surface area contributed by atoms with Crippen LogP contribution < -0.4 is 4.90 Å². The molecule has 2 aromatic rings. The average molecular weight is 456 g/mol. The minimum atomic E-state index is -0.636. The number of ether oxygens (including phenoxy) is 1. The smallest absolute Gasteiger partial charge is 0.270 e. The third-order valence-corrected chi connectivity index (χ3v) is 7.72. The van der Waals surface area contributed by atoms with E-state index in [9.17, 15) is 9.59 Å². The minimum absolute atomic E-state index is 0.0201. The van der Waals surface area contributed by atoms with E-state index in [-0.39, 0.29) is 17.2 Å². The van der Waals surface area contributed by atoms with E-state index >= 15 is 0 Å². The van der Waals surface area contributed by atoms with Crippen LogP contribution in [0.1, 0.15) is 40.9 Å². The molecule has 0 spiro atoms. The Hall–Kier alpha value is -2.22. The van der Waals surface area contributed by atoms with E-state index in [0.717, 1.165) is 42.3 Å². The van der Waals surface area contributed by atoms with Crippen molar-refractivity contribution < 1.29 is 14.3 Å². The number of morpholine rings is 1. The van der Waals surface area contributed by atoms with Crippen molar-refractivity contribution in [1.29, 1.82) is 0 Å². The number of benzene rings is 1. The van der Waals surface area contributed by atoms with Crippen LogP contribution >= 0.6 is 11.3 Å². The number of nitrogens with zero attached hydrogens (tertiary/aromatic N) is 3. The Balaban J connectivity index is 1.49. The van der Waals surface area contributed by atoms with E-state index in [1.807, 2.05) is 24.3 Å². The third kappa shape index (κ3) is 4.90. The maximum Gasteiger partial charge on any atom is 0.270 e. The molecule has 1 unspecified atom stereocenters. The standard InChI is InChI=1S/C25H33N3O3S/c1-25(2,3)22-10-9-21(32-22)24(30)28-15-16-31-20(23(28)29)17-18-7-5-6-8-19(18)27-13-11-26(4)12-14-27/h5-10,20H,11-17H2,1-4H3. The Morgan fingerprint density at radius 1 is 1.06 bits per heavy atom. The summed E-state index contributed by atoms with van der Waals surface area (Å²) in [7, 11) is 2.14. The molecule has 7 heteroatoms. The number of anilines is 1. The monoisotopic (exact) mass is 455 g/mol. The molecule has 3 heterocycles. The van der Waals surface area contributed by atoms with Gasteiger partial charge in [0.25, 0.3) is 11.8 Å². The zero-order valence-corrected chi connectivity index (χ0v) is 20.3. The van der Waals surface area contributed by atoms with Crippen LogP contribution in [-0.2, 0) is 21.4 Å². The van der Waals surface area contributed by atoms with Crippen LogP contribution in [0.15, 0.2) is 36.4 Å².